The van der Waals surface area contributed by atoms with Gasteiger partial charge in [0.1, 0.15) is 18.0 Å². The van der Waals surface area contributed by atoms with Gasteiger partial charge in [-0.3, -0.25) is 0 Å². The molecule has 0 bridgehead atoms. The Morgan fingerprint density at radius 3 is 2.33 bits per heavy atom. The SMILES string of the molecule is CCN(CC(C)C)c1ncnc(NC)c1C(C)C. The zero-order chi connectivity index (χ0) is 13.7. The van der Waals surface area contributed by atoms with Gasteiger partial charge in [0.05, 0.1) is 0 Å². The van der Waals surface area contributed by atoms with Crippen LogP contribution in [-0.4, -0.2) is 30.1 Å². The van der Waals surface area contributed by atoms with E-state index in [1.165, 1.54) is 5.56 Å². The molecule has 4 heteroatoms. The molecule has 4 nitrogen and oxygen atoms in total. The molecule has 1 heterocycles. The summed E-state index contributed by atoms with van der Waals surface area (Å²) >= 11 is 0. The Balaban J connectivity index is 3.20. The van der Waals surface area contributed by atoms with Crippen molar-refractivity contribution in [1.29, 1.82) is 0 Å². The van der Waals surface area contributed by atoms with E-state index in [0.717, 1.165) is 24.7 Å². The molecule has 0 aliphatic heterocycles. The molecule has 102 valence electrons. The van der Waals surface area contributed by atoms with Gasteiger partial charge in [-0.05, 0) is 18.8 Å². The molecule has 0 radical (unpaired) electrons. The quantitative estimate of drug-likeness (QED) is 0.842. The predicted molar refractivity (Wildman–Crippen MR) is 78.4 cm³/mol. The highest BCUT2D eigenvalue weighted by atomic mass is 15.2. The number of anilines is 2. The Labute approximate surface area is 111 Å². The van der Waals surface area contributed by atoms with Crippen LogP contribution in [0.5, 0.6) is 0 Å². The molecule has 0 aromatic carbocycles. The van der Waals surface area contributed by atoms with E-state index in [1.807, 2.05) is 7.05 Å². The summed E-state index contributed by atoms with van der Waals surface area (Å²) in [6, 6.07) is 0. The molecule has 0 atom stereocenters. The van der Waals surface area contributed by atoms with Gasteiger partial charge in [-0.15, -0.1) is 0 Å². The Hall–Kier alpha value is -1.32. The number of hydrogen-bond acceptors (Lipinski definition) is 4. The summed E-state index contributed by atoms with van der Waals surface area (Å²) in [5.74, 6) is 3.04. The zero-order valence-corrected chi connectivity index (χ0v) is 12.5. The maximum absolute atomic E-state index is 4.51. The summed E-state index contributed by atoms with van der Waals surface area (Å²) in [7, 11) is 1.91. The highest BCUT2D eigenvalue weighted by Gasteiger charge is 2.18. The van der Waals surface area contributed by atoms with E-state index in [1.54, 1.807) is 6.33 Å². The molecule has 1 rings (SSSR count). The van der Waals surface area contributed by atoms with Crippen LogP contribution in [0.2, 0.25) is 0 Å². The first-order chi connectivity index (χ1) is 8.51. The lowest BCUT2D eigenvalue weighted by molar-refractivity contribution is 0.610. The van der Waals surface area contributed by atoms with E-state index in [2.05, 4.69) is 54.8 Å². The minimum Gasteiger partial charge on any atom is -0.373 e. The molecule has 0 saturated heterocycles. The second kappa shape index (κ2) is 6.57. The lowest BCUT2D eigenvalue weighted by Gasteiger charge is -2.28. The van der Waals surface area contributed by atoms with Crippen molar-refractivity contribution in [1.82, 2.24) is 9.97 Å². The number of nitrogens with zero attached hydrogens (tertiary/aromatic N) is 3. The molecule has 0 aliphatic rings. The molecule has 1 N–H and O–H groups in total. The molecule has 0 fully saturated rings. The molecule has 0 amide bonds. The van der Waals surface area contributed by atoms with Crippen molar-refractivity contribution in [2.45, 2.75) is 40.5 Å². The minimum absolute atomic E-state index is 0.407. The van der Waals surface area contributed by atoms with Crippen molar-refractivity contribution in [2.75, 3.05) is 30.4 Å². The normalized spacial score (nSPS) is 11.1. The third-order valence-electron chi connectivity index (χ3n) is 2.94. The molecule has 0 saturated carbocycles. The van der Waals surface area contributed by atoms with Crippen molar-refractivity contribution >= 4 is 11.6 Å². The summed E-state index contributed by atoms with van der Waals surface area (Å²) in [5, 5.41) is 3.17. The molecule has 0 unspecified atom stereocenters. The largest absolute Gasteiger partial charge is 0.373 e. The third-order valence-corrected chi connectivity index (χ3v) is 2.94. The summed E-state index contributed by atoms with van der Waals surface area (Å²) in [6.45, 7) is 13.0. The Morgan fingerprint density at radius 2 is 1.89 bits per heavy atom. The van der Waals surface area contributed by atoms with Crippen LogP contribution in [0, 0.1) is 5.92 Å². The molecular weight excluding hydrogens is 224 g/mol. The van der Waals surface area contributed by atoms with Gasteiger partial charge in [-0.1, -0.05) is 27.7 Å². The zero-order valence-electron chi connectivity index (χ0n) is 12.5. The van der Waals surface area contributed by atoms with Crippen molar-refractivity contribution < 1.29 is 0 Å². The van der Waals surface area contributed by atoms with Crippen molar-refractivity contribution in [3.05, 3.63) is 11.9 Å². The fourth-order valence-electron chi connectivity index (χ4n) is 2.18. The van der Waals surface area contributed by atoms with Gasteiger partial charge >= 0.3 is 0 Å². The highest BCUT2D eigenvalue weighted by Crippen LogP contribution is 2.30. The van der Waals surface area contributed by atoms with Crippen LogP contribution in [0.4, 0.5) is 11.6 Å². The van der Waals surface area contributed by atoms with E-state index < -0.39 is 0 Å². The van der Waals surface area contributed by atoms with Gasteiger partial charge in [-0.25, -0.2) is 9.97 Å². The molecule has 0 spiro atoms. The molecule has 1 aromatic heterocycles. The lowest BCUT2D eigenvalue weighted by Crippen LogP contribution is -2.29. The molecule has 0 aliphatic carbocycles. The third kappa shape index (κ3) is 3.34. The average Bonchev–Trinajstić information content (AvgIpc) is 2.34. The van der Waals surface area contributed by atoms with Crippen LogP contribution in [0.1, 0.15) is 46.1 Å². The van der Waals surface area contributed by atoms with Crippen LogP contribution >= 0.6 is 0 Å². The average molecular weight is 250 g/mol. The second-order valence-corrected chi connectivity index (χ2v) is 5.30. The van der Waals surface area contributed by atoms with E-state index in [9.17, 15) is 0 Å². The van der Waals surface area contributed by atoms with Gasteiger partial charge in [-0.2, -0.15) is 0 Å². The fraction of sp³-hybridized carbons (Fsp3) is 0.714. The maximum atomic E-state index is 4.51. The van der Waals surface area contributed by atoms with Gasteiger partial charge in [0.2, 0.25) is 0 Å². The number of aromatic nitrogens is 2. The first-order valence-corrected chi connectivity index (χ1v) is 6.78. The van der Waals surface area contributed by atoms with E-state index in [-0.39, 0.29) is 0 Å². The van der Waals surface area contributed by atoms with E-state index in [4.69, 9.17) is 0 Å². The van der Waals surface area contributed by atoms with Crippen LogP contribution in [0.15, 0.2) is 6.33 Å². The monoisotopic (exact) mass is 250 g/mol. The number of hydrogen-bond donors (Lipinski definition) is 1. The molecular formula is C14H26N4. The fourth-order valence-corrected chi connectivity index (χ4v) is 2.18. The van der Waals surface area contributed by atoms with Crippen LogP contribution in [-0.2, 0) is 0 Å². The van der Waals surface area contributed by atoms with Crippen LogP contribution < -0.4 is 10.2 Å². The van der Waals surface area contributed by atoms with Crippen molar-refractivity contribution in [2.24, 2.45) is 5.92 Å². The van der Waals surface area contributed by atoms with Crippen molar-refractivity contribution in [3.8, 4) is 0 Å². The molecule has 1 aromatic rings. The predicted octanol–water partition coefficient (Wildman–Crippen LogP) is 3.12. The summed E-state index contributed by atoms with van der Waals surface area (Å²) < 4.78 is 0. The Bertz CT molecular complexity index is 374. The van der Waals surface area contributed by atoms with E-state index in [0.29, 0.717) is 11.8 Å². The minimum atomic E-state index is 0.407. The Kier molecular flexibility index (Phi) is 5.38. The van der Waals surface area contributed by atoms with Gasteiger partial charge in [0.15, 0.2) is 0 Å². The highest BCUT2D eigenvalue weighted by molar-refractivity contribution is 5.60. The van der Waals surface area contributed by atoms with Gasteiger partial charge in [0.25, 0.3) is 0 Å². The summed E-state index contributed by atoms with van der Waals surface area (Å²) in [4.78, 5) is 11.2. The van der Waals surface area contributed by atoms with Crippen molar-refractivity contribution in [3.63, 3.8) is 0 Å². The Morgan fingerprint density at radius 1 is 1.22 bits per heavy atom. The maximum Gasteiger partial charge on any atom is 0.137 e. The number of rotatable bonds is 6. The second-order valence-electron chi connectivity index (χ2n) is 5.30. The summed E-state index contributed by atoms with van der Waals surface area (Å²) in [5.41, 5.74) is 1.21. The summed E-state index contributed by atoms with van der Waals surface area (Å²) in [6.07, 6.45) is 1.65. The van der Waals surface area contributed by atoms with Crippen LogP contribution in [0.25, 0.3) is 0 Å². The van der Waals surface area contributed by atoms with Gasteiger partial charge < -0.3 is 10.2 Å². The smallest absolute Gasteiger partial charge is 0.137 e. The number of nitrogens with one attached hydrogen (secondary N) is 1. The van der Waals surface area contributed by atoms with E-state index >= 15 is 0 Å². The standard InChI is InChI=1S/C14H26N4/c1-7-18(8-10(2)3)14-12(11(4)5)13(15-6)16-9-17-14/h9-11H,7-8H2,1-6H3,(H,15,16,17). The molecule has 18 heavy (non-hydrogen) atoms. The first-order valence-electron chi connectivity index (χ1n) is 6.78. The first kappa shape index (κ1) is 14.7. The van der Waals surface area contributed by atoms with Gasteiger partial charge in [0, 0.05) is 25.7 Å². The lowest BCUT2D eigenvalue weighted by atomic mass is 10.0. The topological polar surface area (TPSA) is 41.1 Å². The van der Waals surface area contributed by atoms with Crippen LogP contribution in [0.3, 0.4) is 0 Å².